The van der Waals surface area contributed by atoms with Gasteiger partial charge in [-0.05, 0) is 0 Å². The van der Waals surface area contributed by atoms with E-state index in [-0.39, 0.29) is 0 Å². The van der Waals surface area contributed by atoms with Crippen LogP contribution in [0.4, 0.5) is 0 Å². The molecule has 1 aliphatic carbocycles. The number of nitrogens with zero attached hydrogens (tertiary/aromatic N) is 2. The van der Waals surface area contributed by atoms with Gasteiger partial charge in [0, 0.05) is 0 Å². The van der Waals surface area contributed by atoms with Crippen molar-refractivity contribution in [2.24, 2.45) is 5.92 Å². The second-order valence-corrected chi connectivity index (χ2v) is 22.9. The molecule has 0 spiro atoms. The molecule has 17 heavy (non-hydrogen) atoms. The number of hydrogen-bond acceptors (Lipinski definition) is 2. The van der Waals surface area contributed by atoms with E-state index in [1.165, 1.54) is 25.9 Å². The van der Waals surface area contributed by atoms with Gasteiger partial charge in [0.1, 0.15) is 0 Å². The van der Waals surface area contributed by atoms with Crippen molar-refractivity contribution in [3.05, 3.63) is 11.5 Å². The second kappa shape index (κ2) is 5.26. The van der Waals surface area contributed by atoms with Crippen LogP contribution >= 0.6 is 0 Å². The van der Waals surface area contributed by atoms with Gasteiger partial charge in [-0.15, -0.1) is 0 Å². The Bertz CT molecular complexity index is 301. The molecule has 0 amide bonds. The first-order chi connectivity index (χ1) is 7.87. The Labute approximate surface area is 111 Å². The molecule has 2 aliphatic rings. The van der Waals surface area contributed by atoms with Gasteiger partial charge < -0.3 is 0 Å². The third kappa shape index (κ3) is 3.51. The van der Waals surface area contributed by atoms with Crippen LogP contribution in [0, 0.1) is 5.92 Å². The first-order valence-electron chi connectivity index (χ1n) is 6.98. The van der Waals surface area contributed by atoms with Gasteiger partial charge in [-0.25, -0.2) is 0 Å². The van der Waals surface area contributed by atoms with Crippen LogP contribution < -0.4 is 0 Å². The molecular formula is C13H27BN2Sn. The van der Waals surface area contributed by atoms with Gasteiger partial charge in [-0.1, -0.05) is 0 Å². The van der Waals surface area contributed by atoms with Crippen molar-refractivity contribution in [2.75, 3.05) is 27.2 Å². The fourth-order valence-corrected chi connectivity index (χ4v) is 8.62. The molecule has 1 aliphatic heterocycles. The number of likely N-dealkylation sites (N-methyl/N-ethyl adjacent to an activating group) is 2. The van der Waals surface area contributed by atoms with Crippen LogP contribution in [-0.4, -0.2) is 62.2 Å². The molecule has 1 unspecified atom stereocenters. The molecule has 0 radical (unpaired) electrons. The standard InChI is InChI=1S/C10H18BN2.3CH3.Sn/c1-9-4-5-10(9)8-11-12(2)6-7-13(11)3;;;;/h8-9H,1,4-7H2,2-3H3;3*1H3;. The van der Waals surface area contributed by atoms with Crippen LogP contribution in [0.3, 0.4) is 0 Å². The van der Waals surface area contributed by atoms with Crippen molar-refractivity contribution in [3.8, 4) is 0 Å². The van der Waals surface area contributed by atoms with E-state index < -0.39 is 18.4 Å². The summed E-state index contributed by atoms with van der Waals surface area (Å²) in [4.78, 5) is 12.7. The van der Waals surface area contributed by atoms with Crippen LogP contribution in [0.1, 0.15) is 12.8 Å². The van der Waals surface area contributed by atoms with E-state index in [1.807, 2.05) is 0 Å². The van der Waals surface area contributed by atoms with E-state index >= 15 is 0 Å². The number of rotatable bonds is 3. The van der Waals surface area contributed by atoms with Crippen molar-refractivity contribution in [1.29, 1.82) is 0 Å². The van der Waals surface area contributed by atoms with Gasteiger partial charge in [0.05, 0.1) is 0 Å². The molecule has 2 nitrogen and oxygen atoms in total. The maximum atomic E-state index is 2.57. The minimum absolute atomic E-state index is 0.572. The summed E-state index contributed by atoms with van der Waals surface area (Å²) in [5.74, 6) is 3.52. The van der Waals surface area contributed by atoms with E-state index in [1.54, 1.807) is 10.0 Å². The SMILES string of the molecule is CN1CCN(C)B1C=C1CCC1[CH2][Sn]([CH3])([CH3])[CH3]. The average molecular weight is 341 g/mol. The molecule has 1 atom stereocenters. The summed E-state index contributed by atoms with van der Waals surface area (Å²) in [5.41, 5.74) is 1.77. The van der Waals surface area contributed by atoms with Crippen LogP contribution in [0.25, 0.3) is 0 Å². The summed E-state index contributed by atoms with van der Waals surface area (Å²) < 4.78 is 1.56. The quantitative estimate of drug-likeness (QED) is 0.729. The first-order valence-corrected chi connectivity index (χ1v) is 17.6. The number of allylic oxidation sites excluding steroid dienone is 1. The molecule has 1 saturated carbocycles. The van der Waals surface area contributed by atoms with Crippen LogP contribution in [0.2, 0.25) is 19.3 Å². The summed E-state index contributed by atoms with van der Waals surface area (Å²) in [6, 6.07) is 0. The third-order valence-corrected chi connectivity index (χ3v) is 9.14. The zero-order chi connectivity index (χ0) is 12.6. The molecule has 0 bridgehead atoms. The predicted octanol–water partition coefficient (Wildman–Crippen LogP) is 2.57. The molecule has 2 rings (SSSR count). The summed E-state index contributed by atoms with van der Waals surface area (Å²) in [6.07, 6.45) is 2.82. The Hall–Kier alpha value is 0.524. The first kappa shape index (κ1) is 13.9. The normalized spacial score (nSPS) is 30.1. The van der Waals surface area contributed by atoms with E-state index in [0.29, 0.717) is 6.98 Å². The number of hydrogen-bond donors (Lipinski definition) is 0. The molecule has 0 aromatic rings. The topological polar surface area (TPSA) is 6.48 Å². The molecular weight excluding hydrogens is 314 g/mol. The van der Waals surface area contributed by atoms with Crippen molar-refractivity contribution >= 4 is 25.4 Å². The summed E-state index contributed by atoms with van der Waals surface area (Å²) in [5, 5.41) is 0. The van der Waals surface area contributed by atoms with Crippen molar-refractivity contribution in [1.82, 2.24) is 9.62 Å². The molecule has 1 heterocycles. The third-order valence-electron chi connectivity index (χ3n) is 4.24. The Morgan fingerprint density at radius 1 is 1.24 bits per heavy atom. The molecule has 1 saturated heterocycles. The van der Waals surface area contributed by atoms with Gasteiger partial charge in [-0.2, -0.15) is 0 Å². The second-order valence-electron chi connectivity index (χ2n) is 7.12. The fourth-order valence-electron chi connectivity index (χ4n) is 3.07. The van der Waals surface area contributed by atoms with E-state index in [9.17, 15) is 0 Å². The van der Waals surface area contributed by atoms with Gasteiger partial charge in [0.2, 0.25) is 0 Å². The van der Waals surface area contributed by atoms with Crippen LogP contribution in [-0.2, 0) is 0 Å². The van der Waals surface area contributed by atoms with Gasteiger partial charge >= 0.3 is 112 Å². The predicted molar refractivity (Wildman–Crippen MR) is 80.0 cm³/mol. The molecule has 0 aromatic heterocycles. The monoisotopic (exact) mass is 342 g/mol. The van der Waals surface area contributed by atoms with Crippen molar-refractivity contribution in [3.63, 3.8) is 0 Å². The van der Waals surface area contributed by atoms with Gasteiger partial charge in [0.25, 0.3) is 0 Å². The average Bonchev–Trinajstić information content (AvgIpc) is 2.50. The summed E-state index contributed by atoms with van der Waals surface area (Å²) >= 11 is -1.59. The van der Waals surface area contributed by atoms with Gasteiger partial charge in [0.15, 0.2) is 0 Å². The summed E-state index contributed by atoms with van der Waals surface area (Å²) in [6.45, 7) is 3.00. The zero-order valence-electron chi connectivity index (χ0n) is 12.2. The van der Waals surface area contributed by atoms with E-state index in [0.717, 1.165) is 5.92 Å². The van der Waals surface area contributed by atoms with Crippen molar-refractivity contribution < 1.29 is 0 Å². The Kier molecular flexibility index (Phi) is 4.31. The van der Waals surface area contributed by atoms with Crippen molar-refractivity contribution in [2.45, 2.75) is 32.1 Å². The molecule has 96 valence electrons. The van der Waals surface area contributed by atoms with E-state index in [4.69, 9.17) is 0 Å². The fraction of sp³-hybridized carbons (Fsp3) is 0.846. The van der Waals surface area contributed by atoms with Crippen LogP contribution in [0.5, 0.6) is 0 Å². The summed E-state index contributed by atoms with van der Waals surface area (Å²) in [7, 11) is 4.50. The van der Waals surface area contributed by atoms with Gasteiger partial charge in [-0.3, -0.25) is 0 Å². The Morgan fingerprint density at radius 3 is 2.24 bits per heavy atom. The van der Waals surface area contributed by atoms with E-state index in [2.05, 4.69) is 44.5 Å². The maximum absolute atomic E-state index is 2.57. The van der Waals surface area contributed by atoms with Crippen LogP contribution in [0.15, 0.2) is 11.5 Å². The molecule has 0 N–H and O–H groups in total. The molecule has 4 heteroatoms. The Morgan fingerprint density at radius 2 is 1.82 bits per heavy atom. The molecule has 0 aromatic carbocycles. The molecule has 2 fully saturated rings. The Balaban J connectivity index is 1.98. The zero-order valence-corrected chi connectivity index (χ0v) is 15.0. The minimum atomic E-state index is -1.59.